The van der Waals surface area contributed by atoms with E-state index in [0.29, 0.717) is 54.8 Å². The molecule has 1 aromatic heterocycles. The summed E-state index contributed by atoms with van der Waals surface area (Å²) in [6.07, 6.45) is 1.27. The topological polar surface area (TPSA) is 61.9 Å². The van der Waals surface area contributed by atoms with Gasteiger partial charge in [-0.25, -0.2) is 0 Å². The van der Waals surface area contributed by atoms with Gasteiger partial charge in [0, 0.05) is 48.1 Å². The van der Waals surface area contributed by atoms with E-state index < -0.39 is 6.04 Å². The summed E-state index contributed by atoms with van der Waals surface area (Å²) in [5.74, 6) is 1.38. The van der Waals surface area contributed by atoms with Gasteiger partial charge in [-0.15, -0.1) is 11.3 Å². The number of piperazine rings is 1. The maximum absolute atomic E-state index is 13.6. The minimum atomic E-state index is -0.595. The first-order chi connectivity index (χ1) is 16.1. The van der Waals surface area contributed by atoms with Gasteiger partial charge in [-0.3, -0.25) is 9.59 Å². The Morgan fingerprint density at radius 1 is 1.00 bits per heavy atom. The Morgan fingerprint density at radius 3 is 2.58 bits per heavy atom. The molecule has 0 spiro atoms. The van der Waals surface area contributed by atoms with E-state index in [1.807, 2.05) is 45.5 Å². The molecule has 0 saturated carbocycles. The molecule has 1 unspecified atom stereocenters. The number of thiophene rings is 1. The van der Waals surface area contributed by atoms with Gasteiger partial charge in [-0.05, 0) is 42.1 Å². The van der Waals surface area contributed by atoms with E-state index in [-0.39, 0.29) is 11.8 Å². The second-order valence-corrected chi connectivity index (χ2v) is 9.61. The number of benzene rings is 2. The lowest BCUT2D eigenvalue weighted by Gasteiger charge is -2.36. The van der Waals surface area contributed by atoms with E-state index in [9.17, 15) is 9.59 Å². The molecule has 0 aliphatic carbocycles. The van der Waals surface area contributed by atoms with Crippen molar-refractivity contribution >= 4 is 40.4 Å². The molecule has 1 N–H and O–H groups in total. The highest BCUT2D eigenvalue weighted by molar-refractivity contribution is 7.09. The van der Waals surface area contributed by atoms with Crippen LogP contribution < -0.4 is 10.1 Å². The molecule has 2 aromatic carbocycles. The Hall–Kier alpha value is -3.03. The number of ether oxygens (including phenoxy) is 1. The molecule has 1 atom stereocenters. The zero-order valence-corrected chi connectivity index (χ0v) is 19.6. The molecular formula is C25H24ClN3O3S. The number of nitrogens with one attached hydrogen (secondary N) is 1. The summed E-state index contributed by atoms with van der Waals surface area (Å²) in [6.45, 7) is 2.10. The summed E-state index contributed by atoms with van der Waals surface area (Å²) in [6, 6.07) is 16.4. The van der Waals surface area contributed by atoms with Crippen molar-refractivity contribution in [2.24, 2.45) is 0 Å². The molecule has 8 heteroatoms. The highest BCUT2D eigenvalue weighted by atomic mass is 35.5. The predicted octanol–water partition coefficient (Wildman–Crippen LogP) is 4.96. The van der Waals surface area contributed by atoms with Crippen molar-refractivity contribution < 1.29 is 14.3 Å². The van der Waals surface area contributed by atoms with Crippen LogP contribution in [0, 0.1) is 0 Å². The van der Waals surface area contributed by atoms with Crippen molar-refractivity contribution in [3.05, 3.63) is 75.4 Å². The first-order valence-electron chi connectivity index (χ1n) is 11.0. The Morgan fingerprint density at radius 2 is 1.79 bits per heavy atom. The number of halogens is 1. The van der Waals surface area contributed by atoms with E-state index in [1.54, 1.807) is 29.5 Å². The van der Waals surface area contributed by atoms with E-state index in [2.05, 4.69) is 11.4 Å². The van der Waals surface area contributed by atoms with Crippen molar-refractivity contribution in [3.63, 3.8) is 0 Å². The molecule has 0 bridgehead atoms. The quantitative estimate of drug-likeness (QED) is 0.572. The second-order valence-electron chi connectivity index (χ2n) is 8.14. The minimum absolute atomic E-state index is 0.0374. The normalized spacial score (nSPS) is 17.3. The van der Waals surface area contributed by atoms with Crippen LogP contribution in [-0.4, -0.2) is 47.8 Å². The van der Waals surface area contributed by atoms with Gasteiger partial charge in [0.05, 0.1) is 5.69 Å². The summed E-state index contributed by atoms with van der Waals surface area (Å²) in [5.41, 5.74) is 1.46. The molecule has 3 heterocycles. The number of rotatable bonds is 4. The van der Waals surface area contributed by atoms with Crippen molar-refractivity contribution in [2.75, 3.05) is 31.5 Å². The summed E-state index contributed by atoms with van der Waals surface area (Å²) in [7, 11) is 0. The molecule has 3 aromatic rings. The third-order valence-electron chi connectivity index (χ3n) is 6.05. The molecule has 33 heavy (non-hydrogen) atoms. The average molecular weight is 482 g/mol. The van der Waals surface area contributed by atoms with Crippen molar-refractivity contribution in [2.45, 2.75) is 18.9 Å². The highest BCUT2D eigenvalue weighted by Gasteiger charge is 2.33. The van der Waals surface area contributed by atoms with E-state index in [4.69, 9.17) is 16.3 Å². The highest BCUT2D eigenvalue weighted by Crippen LogP contribution is 2.41. The van der Waals surface area contributed by atoms with Crippen LogP contribution in [0.1, 0.15) is 22.9 Å². The fourth-order valence-electron chi connectivity index (χ4n) is 4.26. The zero-order valence-electron chi connectivity index (χ0n) is 18.0. The van der Waals surface area contributed by atoms with Crippen LogP contribution in [0.2, 0.25) is 5.02 Å². The van der Waals surface area contributed by atoms with Gasteiger partial charge in [0.15, 0.2) is 5.75 Å². The van der Waals surface area contributed by atoms with Gasteiger partial charge >= 0.3 is 0 Å². The molecule has 1 saturated heterocycles. The van der Waals surface area contributed by atoms with Gasteiger partial charge < -0.3 is 19.9 Å². The van der Waals surface area contributed by atoms with Crippen LogP contribution in [0.15, 0.2) is 60.0 Å². The Labute approximate surface area is 201 Å². The van der Waals surface area contributed by atoms with Crippen LogP contribution in [0.4, 0.5) is 5.69 Å². The van der Waals surface area contributed by atoms with Gasteiger partial charge in [-0.2, -0.15) is 0 Å². The first kappa shape index (κ1) is 21.8. The summed E-state index contributed by atoms with van der Waals surface area (Å²) < 4.78 is 6.09. The lowest BCUT2D eigenvalue weighted by molar-refractivity contribution is -0.140. The standard InChI is InChI=1S/C25H24ClN3O3S/c26-17-7-9-22-20(16-17)27-24(19-5-1-2-6-21(19)32-22)25(31)29-13-11-28(12-14-29)23(30)10-8-18-4-3-15-33-18/h1-7,9,15-16,24,27H,8,10-14H2. The fraction of sp³-hybridized carbons (Fsp3) is 0.280. The number of nitrogens with zero attached hydrogens (tertiary/aromatic N) is 2. The molecule has 5 rings (SSSR count). The van der Waals surface area contributed by atoms with Crippen LogP contribution >= 0.6 is 22.9 Å². The average Bonchev–Trinajstić information content (AvgIpc) is 3.31. The Balaban J connectivity index is 1.27. The molecule has 1 fully saturated rings. The largest absolute Gasteiger partial charge is 0.455 e. The number of carbonyl (C=O) groups is 2. The van der Waals surface area contributed by atoms with Crippen molar-refractivity contribution in [1.29, 1.82) is 0 Å². The molecule has 2 amide bonds. The van der Waals surface area contributed by atoms with Crippen molar-refractivity contribution in [3.8, 4) is 11.5 Å². The van der Waals surface area contributed by atoms with Gasteiger partial charge in [0.2, 0.25) is 11.8 Å². The van der Waals surface area contributed by atoms with Crippen molar-refractivity contribution in [1.82, 2.24) is 9.80 Å². The SMILES string of the molecule is O=C(CCc1cccs1)N1CCN(C(=O)C2Nc3cc(Cl)ccc3Oc3ccccc32)CC1. The second kappa shape index (κ2) is 9.45. The molecule has 2 aliphatic rings. The number of carbonyl (C=O) groups excluding carboxylic acids is 2. The van der Waals surface area contributed by atoms with Crippen LogP contribution in [0.25, 0.3) is 0 Å². The van der Waals surface area contributed by atoms with Gasteiger partial charge in [0.1, 0.15) is 11.8 Å². The number of aryl methyl sites for hydroxylation is 1. The van der Waals surface area contributed by atoms with Crippen LogP contribution in [-0.2, 0) is 16.0 Å². The van der Waals surface area contributed by atoms with Gasteiger partial charge in [-0.1, -0.05) is 35.9 Å². The number of hydrogen-bond donors (Lipinski definition) is 1. The third kappa shape index (κ3) is 4.70. The predicted molar refractivity (Wildman–Crippen MR) is 130 cm³/mol. The Bertz CT molecular complexity index is 1160. The fourth-order valence-corrected chi connectivity index (χ4v) is 5.15. The number of hydrogen-bond acceptors (Lipinski definition) is 5. The number of para-hydroxylation sites is 1. The molecule has 170 valence electrons. The minimum Gasteiger partial charge on any atom is -0.455 e. The maximum atomic E-state index is 13.6. The Kier molecular flexibility index (Phi) is 6.24. The third-order valence-corrected chi connectivity index (χ3v) is 7.22. The molecular weight excluding hydrogens is 458 g/mol. The maximum Gasteiger partial charge on any atom is 0.249 e. The molecule has 0 radical (unpaired) electrons. The van der Waals surface area contributed by atoms with E-state index in [0.717, 1.165) is 12.0 Å². The molecule has 6 nitrogen and oxygen atoms in total. The zero-order chi connectivity index (χ0) is 22.8. The number of amides is 2. The lowest BCUT2D eigenvalue weighted by Crippen LogP contribution is -2.52. The summed E-state index contributed by atoms with van der Waals surface area (Å²) in [5, 5.41) is 5.94. The van der Waals surface area contributed by atoms with Gasteiger partial charge in [0.25, 0.3) is 0 Å². The van der Waals surface area contributed by atoms with Crippen LogP contribution in [0.3, 0.4) is 0 Å². The molecule has 2 aliphatic heterocycles. The first-order valence-corrected chi connectivity index (χ1v) is 12.3. The smallest absolute Gasteiger partial charge is 0.249 e. The summed E-state index contributed by atoms with van der Waals surface area (Å²) in [4.78, 5) is 31.1. The van der Waals surface area contributed by atoms with Crippen LogP contribution in [0.5, 0.6) is 11.5 Å². The monoisotopic (exact) mass is 481 g/mol. The number of anilines is 1. The van der Waals surface area contributed by atoms with E-state index in [1.165, 1.54) is 4.88 Å². The summed E-state index contributed by atoms with van der Waals surface area (Å²) >= 11 is 7.87. The lowest BCUT2D eigenvalue weighted by atomic mass is 10.0. The number of fused-ring (bicyclic) bond motifs is 2. The van der Waals surface area contributed by atoms with E-state index >= 15 is 0 Å².